The lowest BCUT2D eigenvalue weighted by Crippen LogP contribution is -2.37. The minimum absolute atomic E-state index is 0.0454. The molecule has 2 amide bonds. The maximum atomic E-state index is 11.3. The first-order chi connectivity index (χ1) is 8.59. The molecule has 1 aromatic rings. The van der Waals surface area contributed by atoms with E-state index < -0.39 is 18.1 Å². The van der Waals surface area contributed by atoms with Gasteiger partial charge in [0, 0.05) is 19.2 Å². The lowest BCUT2D eigenvalue weighted by Gasteiger charge is -2.08. The quantitative estimate of drug-likeness (QED) is 0.522. The number of aliphatic hydroxyl groups excluding tert-OH is 1. The van der Waals surface area contributed by atoms with E-state index in [4.69, 9.17) is 10.2 Å². The Morgan fingerprint density at radius 1 is 1.39 bits per heavy atom. The average molecular weight is 254 g/mol. The molecule has 1 heterocycles. The van der Waals surface area contributed by atoms with E-state index in [-0.39, 0.29) is 19.5 Å². The summed E-state index contributed by atoms with van der Waals surface area (Å²) < 4.78 is 0. The molecule has 1 aromatic heterocycles. The fourth-order valence-corrected chi connectivity index (χ4v) is 1.10. The number of carboxylic acid groups (broad SMARTS) is 1. The van der Waals surface area contributed by atoms with Gasteiger partial charge in [0.15, 0.2) is 6.10 Å². The summed E-state index contributed by atoms with van der Waals surface area (Å²) in [7, 11) is 0. The number of carbonyl (C=O) groups is 2. The van der Waals surface area contributed by atoms with Crippen molar-refractivity contribution < 1.29 is 19.8 Å². The predicted molar refractivity (Wildman–Crippen MR) is 60.5 cm³/mol. The van der Waals surface area contributed by atoms with Crippen molar-refractivity contribution in [2.75, 3.05) is 6.54 Å². The summed E-state index contributed by atoms with van der Waals surface area (Å²) in [4.78, 5) is 29.2. The molecule has 98 valence electrons. The number of carbonyl (C=O) groups excluding carboxylic acids is 1. The van der Waals surface area contributed by atoms with Gasteiger partial charge in [-0.05, 0) is 6.07 Å². The van der Waals surface area contributed by atoms with E-state index in [9.17, 15) is 9.59 Å². The zero-order valence-electron chi connectivity index (χ0n) is 9.54. The lowest BCUT2D eigenvalue weighted by atomic mass is 10.2. The van der Waals surface area contributed by atoms with Crippen LogP contribution in [0.2, 0.25) is 0 Å². The predicted octanol–water partition coefficient (Wildman–Crippen LogP) is -0.889. The second-order valence-electron chi connectivity index (χ2n) is 3.45. The summed E-state index contributed by atoms with van der Waals surface area (Å²) in [5, 5.41) is 22.3. The van der Waals surface area contributed by atoms with Crippen LogP contribution in [-0.2, 0) is 11.3 Å². The number of hydrogen-bond acceptors (Lipinski definition) is 5. The number of nitrogens with zero attached hydrogens (tertiary/aromatic N) is 2. The van der Waals surface area contributed by atoms with Crippen molar-refractivity contribution in [3.8, 4) is 0 Å². The van der Waals surface area contributed by atoms with Gasteiger partial charge in [-0.25, -0.2) is 19.6 Å². The molecule has 4 N–H and O–H groups in total. The minimum Gasteiger partial charge on any atom is -0.479 e. The maximum absolute atomic E-state index is 11.3. The number of carboxylic acids is 1. The van der Waals surface area contributed by atoms with E-state index in [1.54, 1.807) is 12.3 Å². The molecule has 1 atom stereocenters. The number of amides is 2. The van der Waals surface area contributed by atoms with Gasteiger partial charge in [0.25, 0.3) is 0 Å². The van der Waals surface area contributed by atoms with Crippen LogP contribution in [0, 0.1) is 0 Å². The van der Waals surface area contributed by atoms with E-state index in [1.165, 1.54) is 6.33 Å². The molecule has 0 radical (unpaired) electrons. The van der Waals surface area contributed by atoms with Gasteiger partial charge in [0.05, 0.1) is 12.2 Å². The highest BCUT2D eigenvalue weighted by Gasteiger charge is 2.12. The van der Waals surface area contributed by atoms with Gasteiger partial charge in [-0.15, -0.1) is 0 Å². The first-order valence-corrected chi connectivity index (χ1v) is 5.27. The Morgan fingerprint density at radius 2 is 2.17 bits per heavy atom. The summed E-state index contributed by atoms with van der Waals surface area (Å²) in [5.74, 6) is -1.31. The molecule has 0 fully saturated rings. The molecular weight excluding hydrogens is 240 g/mol. The van der Waals surface area contributed by atoms with Gasteiger partial charge in [-0.2, -0.15) is 0 Å². The van der Waals surface area contributed by atoms with Gasteiger partial charge >= 0.3 is 12.0 Å². The topological polar surface area (TPSA) is 124 Å². The van der Waals surface area contributed by atoms with Crippen LogP contribution in [0.4, 0.5) is 4.79 Å². The molecule has 8 nitrogen and oxygen atoms in total. The zero-order chi connectivity index (χ0) is 13.4. The molecule has 18 heavy (non-hydrogen) atoms. The third kappa shape index (κ3) is 5.21. The Kier molecular flexibility index (Phi) is 5.52. The summed E-state index contributed by atoms with van der Waals surface area (Å²) >= 11 is 0. The van der Waals surface area contributed by atoms with Crippen molar-refractivity contribution in [2.24, 2.45) is 0 Å². The van der Waals surface area contributed by atoms with Crippen LogP contribution < -0.4 is 10.6 Å². The maximum Gasteiger partial charge on any atom is 0.332 e. The second kappa shape index (κ2) is 7.17. The normalized spacial score (nSPS) is 11.6. The van der Waals surface area contributed by atoms with Gasteiger partial charge in [0.1, 0.15) is 6.33 Å². The number of urea groups is 1. The van der Waals surface area contributed by atoms with Crippen molar-refractivity contribution in [2.45, 2.75) is 19.1 Å². The molecule has 0 aromatic carbocycles. The Hall–Kier alpha value is -2.22. The molecule has 0 saturated carbocycles. The standard InChI is InChI=1S/C10H14N4O4/c15-8(9(16)17)2-4-12-10(18)13-5-7-1-3-11-6-14-7/h1,3,6,8,15H,2,4-5H2,(H,16,17)(H2,12,13,18)/t8-/m0/s1. The molecule has 0 aliphatic rings. The van der Waals surface area contributed by atoms with E-state index in [0.29, 0.717) is 5.69 Å². The zero-order valence-corrected chi connectivity index (χ0v) is 9.54. The van der Waals surface area contributed by atoms with Gasteiger partial charge in [-0.3, -0.25) is 0 Å². The largest absolute Gasteiger partial charge is 0.479 e. The van der Waals surface area contributed by atoms with Crippen LogP contribution in [-0.4, -0.2) is 44.8 Å². The lowest BCUT2D eigenvalue weighted by molar-refractivity contribution is -0.146. The van der Waals surface area contributed by atoms with Crippen LogP contribution in [0.1, 0.15) is 12.1 Å². The van der Waals surface area contributed by atoms with E-state index in [1.807, 2.05) is 0 Å². The Labute approximate surface area is 103 Å². The fraction of sp³-hybridized carbons (Fsp3) is 0.400. The van der Waals surface area contributed by atoms with Crippen molar-refractivity contribution in [3.63, 3.8) is 0 Å². The van der Waals surface area contributed by atoms with Crippen LogP contribution >= 0.6 is 0 Å². The average Bonchev–Trinajstić information content (AvgIpc) is 2.37. The smallest absolute Gasteiger partial charge is 0.332 e. The van der Waals surface area contributed by atoms with Crippen molar-refractivity contribution >= 4 is 12.0 Å². The monoisotopic (exact) mass is 254 g/mol. The molecule has 1 rings (SSSR count). The number of nitrogens with one attached hydrogen (secondary N) is 2. The molecule has 0 aliphatic heterocycles. The Balaban J connectivity index is 2.17. The number of aliphatic carboxylic acids is 1. The number of rotatable bonds is 6. The highest BCUT2D eigenvalue weighted by molar-refractivity contribution is 5.74. The van der Waals surface area contributed by atoms with E-state index >= 15 is 0 Å². The Bertz CT molecular complexity index is 398. The van der Waals surface area contributed by atoms with Crippen LogP contribution in [0.25, 0.3) is 0 Å². The third-order valence-electron chi connectivity index (χ3n) is 2.06. The summed E-state index contributed by atoms with van der Waals surface area (Å²) in [5.41, 5.74) is 0.658. The van der Waals surface area contributed by atoms with E-state index in [0.717, 1.165) is 0 Å². The van der Waals surface area contributed by atoms with Crippen molar-refractivity contribution in [3.05, 3.63) is 24.3 Å². The molecule has 0 bridgehead atoms. The highest BCUT2D eigenvalue weighted by atomic mass is 16.4. The molecule has 0 spiro atoms. The Morgan fingerprint density at radius 3 is 2.78 bits per heavy atom. The SMILES string of the molecule is O=C(NCC[C@H](O)C(=O)O)NCc1ccncn1. The second-order valence-corrected chi connectivity index (χ2v) is 3.45. The molecular formula is C10H14N4O4. The summed E-state index contributed by atoms with van der Waals surface area (Å²) in [6.07, 6.45) is 1.42. The van der Waals surface area contributed by atoms with Crippen LogP contribution in [0.15, 0.2) is 18.6 Å². The molecule has 0 unspecified atom stereocenters. The van der Waals surface area contributed by atoms with Crippen LogP contribution in [0.3, 0.4) is 0 Å². The summed E-state index contributed by atoms with van der Waals surface area (Å²) in [6.45, 7) is 0.318. The first-order valence-electron chi connectivity index (χ1n) is 5.27. The molecule has 0 saturated heterocycles. The van der Waals surface area contributed by atoms with Crippen molar-refractivity contribution in [1.82, 2.24) is 20.6 Å². The summed E-state index contributed by atoms with van der Waals surface area (Å²) in [6, 6.07) is 1.21. The van der Waals surface area contributed by atoms with Crippen LogP contribution in [0.5, 0.6) is 0 Å². The third-order valence-corrected chi connectivity index (χ3v) is 2.06. The van der Waals surface area contributed by atoms with Gasteiger partial charge in [-0.1, -0.05) is 0 Å². The minimum atomic E-state index is -1.47. The fourth-order valence-electron chi connectivity index (χ4n) is 1.10. The number of aromatic nitrogens is 2. The molecule has 0 aliphatic carbocycles. The highest BCUT2D eigenvalue weighted by Crippen LogP contribution is 1.91. The first kappa shape index (κ1) is 13.8. The van der Waals surface area contributed by atoms with Gasteiger partial charge in [0.2, 0.25) is 0 Å². The van der Waals surface area contributed by atoms with E-state index in [2.05, 4.69) is 20.6 Å². The number of aliphatic hydroxyl groups is 1. The van der Waals surface area contributed by atoms with Gasteiger partial charge < -0.3 is 20.8 Å². The molecule has 8 heteroatoms. The van der Waals surface area contributed by atoms with Crippen molar-refractivity contribution in [1.29, 1.82) is 0 Å². The number of hydrogen-bond donors (Lipinski definition) is 4.